The Morgan fingerprint density at radius 1 is 1.40 bits per heavy atom. The second-order valence-corrected chi connectivity index (χ2v) is 5.54. The maximum absolute atomic E-state index is 11.8. The molecule has 0 saturated carbocycles. The molecular formula is C16H26N2O2. The Morgan fingerprint density at radius 2 is 2.15 bits per heavy atom. The predicted molar refractivity (Wildman–Crippen MR) is 81.7 cm³/mol. The summed E-state index contributed by atoms with van der Waals surface area (Å²) in [6.07, 6.45) is 1.25. The van der Waals surface area contributed by atoms with Gasteiger partial charge in [0.2, 0.25) is 5.91 Å². The maximum atomic E-state index is 11.8. The minimum atomic E-state index is -0.00578. The van der Waals surface area contributed by atoms with E-state index in [-0.39, 0.29) is 11.9 Å². The van der Waals surface area contributed by atoms with Gasteiger partial charge in [-0.25, -0.2) is 0 Å². The molecule has 4 nitrogen and oxygen atoms in total. The van der Waals surface area contributed by atoms with E-state index in [9.17, 15) is 4.79 Å². The maximum Gasteiger partial charge on any atom is 0.223 e. The summed E-state index contributed by atoms with van der Waals surface area (Å²) in [5, 5.41) is 2.95. The van der Waals surface area contributed by atoms with Crippen LogP contribution in [0.1, 0.15) is 32.3 Å². The number of hydrogen-bond donors (Lipinski definition) is 2. The monoisotopic (exact) mass is 278 g/mol. The number of aryl methyl sites for hydroxylation is 1. The van der Waals surface area contributed by atoms with Gasteiger partial charge in [-0.3, -0.25) is 4.79 Å². The third-order valence-electron chi connectivity index (χ3n) is 2.99. The van der Waals surface area contributed by atoms with Crippen molar-refractivity contribution in [1.29, 1.82) is 0 Å². The van der Waals surface area contributed by atoms with E-state index >= 15 is 0 Å². The van der Waals surface area contributed by atoms with Crippen molar-refractivity contribution in [2.45, 2.75) is 39.7 Å². The lowest BCUT2D eigenvalue weighted by Crippen LogP contribution is -2.41. The number of nitrogens with two attached hydrogens (primary N) is 1. The van der Waals surface area contributed by atoms with Gasteiger partial charge in [-0.1, -0.05) is 26.0 Å². The van der Waals surface area contributed by atoms with Gasteiger partial charge in [0, 0.05) is 12.6 Å². The molecule has 0 heterocycles. The van der Waals surface area contributed by atoms with Gasteiger partial charge in [-0.05, 0) is 37.0 Å². The van der Waals surface area contributed by atoms with Gasteiger partial charge in [0.1, 0.15) is 5.75 Å². The van der Waals surface area contributed by atoms with Crippen LogP contribution in [0.15, 0.2) is 24.3 Å². The van der Waals surface area contributed by atoms with Crippen LogP contribution >= 0.6 is 0 Å². The van der Waals surface area contributed by atoms with E-state index in [0.717, 1.165) is 17.7 Å². The number of ether oxygens (including phenoxy) is 1. The van der Waals surface area contributed by atoms with Crippen molar-refractivity contribution in [2.75, 3.05) is 13.2 Å². The highest BCUT2D eigenvalue weighted by Crippen LogP contribution is 2.12. The van der Waals surface area contributed by atoms with E-state index < -0.39 is 0 Å². The molecule has 1 rings (SSSR count). The summed E-state index contributed by atoms with van der Waals surface area (Å²) in [5.74, 6) is 1.32. The molecule has 1 aromatic carbocycles. The molecule has 3 N–H and O–H groups in total. The molecule has 1 aromatic rings. The van der Waals surface area contributed by atoms with Crippen LogP contribution < -0.4 is 15.8 Å². The number of amides is 1. The third kappa shape index (κ3) is 6.57. The zero-order valence-electron chi connectivity index (χ0n) is 12.7. The van der Waals surface area contributed by atoms with Crippen LogP contribution in [0.5, 0.6) is 5.75 Å². The molecule has 0 bridgehead atoms. The molecule has 4 heteroatoms. The zero-order chi connectivity index (χ0) is 15.0. The van der Waals surface area contributed by atoms with E-state index in [1.54, 1.807) is 0 Å². The van der Waals surface area contributed by atoms with E-state index in [2.05, 4.69) is 19.2 Å². The van der Waals surface area contributed by atoms with Crippen molar-refractivity contribution in [3.8, 4) is 5.75 Å². The van der Waals surface area contributed by atoms with Crippen molar-refractivity contribution in [3.05, 3.63) is 29.8 Å². The standard InChI is InChI=1S/C16H26N2O2/c1-12(2)9-14(11-17)18-16(19)7-8-20-15-6-4-5-13(3)10-15/h4-6,10,12,14H,7-9,11,17H2,1-3H3,(H,18,19). The molecule has 0 spiro atoms. The average Bonchev–Trinajstić information content (AvgIpc) is 2.37. The second kappa shape index (κ2) is 8.59. The molecule has 1 atom stereocenters. The van der Waals surface area contributed by atoms with Gasteiger partial charge in [0.25, 0.3) is 0 Å². The Bertz CT molecular complexity index is 419. The first kappa shape index (κ1) is 16.5. The van der Waals surface area contributed by atoms with E-state index in [4.69, 9.17) is 10.5 Å². The lowest BCUT2D eigenvalue weighted by Gasteiger charge is -2.18. The summed E-state index contributed by atoms with van der Waals surface area (Å²) in [4.78, 5) is 11.8. The number of hydrogen-bond acceptors (Lipinski definition) is 3. The van der Waals surface area contributed by atoms with Gasteiger partial charge in [-0.2, -0.15) is 0 Å². The fourth-order valence-corrected chi connectivity index (χ4v) is 2.05. The molecule has 112 valence electrons. The summed E-state index contributed by atoms with van der Waals surface area (Å²) in [5.41, 5.74) is 6.81. The molecule has 0 aliphatic heterocycles. The zero-order valence-corrected chi connectivity index (χ0v) is 12.7. The van der Waals surface area contributed by atoms with Crippen LogP contribution in [-0.2, 0) is 4.79 Å². The Kier molecular flexibility index (Phi) is 7.09. The summed E-state index contributed by atoms with van der Waals surface area (Å²) in [6, 6.07) is 7.86. The first-order valence-electron chi connectivity index (χ1n) is 7.20. The van der Waals surface area contributed by atoms with Gasteiger partial charge >= 0.3 is 0 Å². The van der Waals surface area contributed by atoms with Crippen LogP contribution in [0.3, 0.4) is 0 Å². The molecule has 0 aliphatic rings. The first-order valence-corrected chi connectivity index (χ1v) is 7.20. The largest absolute Gasteiger partial charge is 0.493 e. The second-order valence-electron chi connectivity index (χ2n) is 5.54. The van der Waals surface area contributed by atoms with Gasteiger partial charge < -0.3 is 15.8 Å². The molecule has 1 amide bonds. The van der Waals surface area contributed by atoms with Crippen LogP contribution in [0.25, 0.3) is 0 Å². The topological polar surface area (TPSA) is 64.3 Å². The Labute approximate surface area is 121 Å². The van der Waals surface area contributed by atoms with E-state index in [1.165, 1.54) is 0 Å². The van der Waals surface area contributed by atoms with Crippen LogP contribution in [0.2, 0.25) is 0 Å². The smallest absolute Gasteiger partial charge is 0.223 e. The quantitative estimate of drug-likeness (QED) is 0.766. The number of carbonyl (C=O) groups is 1. The predicted octanol–water partition coefficient (Wildman–Crippen LogP) is 2.25. The highest BCUT2D eigenvalue weighted by Gasteiger charge is 2.12. The Balaban J connectivity index is 2.29. The molecule has 0 aliphatic carbocycles. The van der Waals surface area contributed by atoms with Crippen molar-refractivity contribution in [3.63, 3.8) is 0 Å². The number of carbonyl (C=O) groups excluding carboxylic acids is 1. The fraction of sp³-hybridized carbons (Fsp3) is 0.562. The van der Waals surface area contributed by atoms with Crippen molar-refractivity contribution in [1.82, 2.24) is 5.32 Å². The summed E-state index contributed by atoms with van der Waals surface area (Å²) in [6.45, 7) is 7.11. The molecular weight excluding hydrogens is 252 g/mol. The third-order valence-corrected chi connectivity index (χ3v) is 2.99. The molecule has 20 heavy (non-hydrogen) atoms. The van der Waals surface area contributed by atoms with Crippen molar-refractivity contribution in [2.24, 2.45) is 11.7 Å². The van der Waals surface area contributed by atoms with Crippen LogP contribution in [-0.4, -0.2) is 25.1 Å². The molecule has 0 aromatic heterocycles. The number of rotatable bonds is 8. The highest BCUT2D eigenvalue weighted by molar-refractivity contribution is 5.76. The normalized spacial score (nSPS) is 12.2. The molecule has 0 radical (unpaired) electrons. The summed E-state index contributed by atoms with van der Waals surface area (Å²) in [7, 11) is 0. The van der Waals surface area contributed by atoms with Crippen molar-refractivity contribution < 1.29 is 9.53 Å². The molecule has 1 unspecified atom stereocenters. The first-order chi connectivity index (χ1) is 9.51. The summed E-state index contributed by atoms with van der Waals surface area (Å²) >= 11 is 0. The van der Waals surface area contributed by atoms with Gasteiger partial charge in [0.15, 0.2) is 0 Å². The molecule has 0 fully saturated rings. The van der Waals surface area contributed by atoms with Gasteiger partial charge in [0.05, 0.1) is 13.0 Å². The van der Waals surface area contributed by atoms with E-state index in [0.29, 0.717) is 25.5 Å². The van der Waals surface area contributed by atoms with E-state index in [1.807, 2.05) is 31.2 Å². The number of nitrogens with one attached hydrogen (secondary N) is 1. The number of benzene rings is 1. The minimum Gasteiger partial charge on any atom is -0.493 e. The average molecular weight is 278 g/mol. The Morgan fingerprint density at radius 3 is 2.75 bits per heavy atom. The SMILES string of the molecule is Cc1cccc(OCCC(=O)NC(CN)CC(C)C)c1. The lowest BCUT2D eigenvalue weighted by atomic mass is 10.0. The van der Waals surface area contributed by atoms with Crippen LogP contribution in [0.4, 0.5) is 0 Å². The Hall–Kier alpha value is -1.55. The highest BCUT2D eigenvalue weighted by atomic mass is 16.5. The minimum absolute atomic E-state index is 0.00578. The fourth-order valence-electron chi connectivity index (χ4n) is 2.05. The van der Waals surface area contributed by atoms with Gasteiger partial charge in [-0.15, -0.1) is 0 Å². The van der Waals surface area contributed by atoms with Crippen LogP contribution in [0, 0.1) is 12.8 Å². The lowest BCUT2D eigenvalue weighted by molar-refractivity contribution is -0.122. The molecule has 0 saturated heterocycles. The van der Waals surface area contributed by atoms with Crippen molar-refractivity contribution >= 4 is 5.91 Å². The summed E-state index contributed by atoms with van der Waals surface area (Å²) < 4.78 is 5.56.